The number of nitrogens with one attached hydrogen (secondary N) is 1. The number of anilines is 1. The summed E-state index contributed by atoms with van der Waals surface area (Å²) in [6.45, 7) is 4.67. The number of imidazole rings is 1. The van der Waals surface area contributed by atoms with E-state index in [1.165, 1.54) is 0 Å². The molecule has 0 spiro atoms. The van der Waals surface area contributed by atoms with Crippen LogP contribution in [0.2, 0.25) is 0 Å². The van der Waals surface area contributed by atoms with E-state index in [2.05, 4.69) is 14.3 Å². The molecule has 2 aromatic carbocycles. The summed E-state index contributed by atoms with van der Waals surface area (Å²) in [5.74, 6) is 1.07. The van der Waals surface area contributed by atoms with E-state index in [0.29, 0.717) is 10.6 Å². The van der Waals surface area contributed by atoms with Crippen molar-refractivity contribution < 1.29 is 8.42 Å². The van der Waals surface area contributed by atoms with Crippen LogP contribution in [0.3, 0.4) is 0 Å². The van der Waals surface area contributed by atoms with Gasteiger partial charge in [0, 0.05) is 29.7 Å². The second kappa shape index (κ2) is 6.48. The zero-order valence-corrected chi connectivity index (χ0v) is 16.2. The summed E-state index contributed by atoms with van der Waals surface area (Å²) in [6, 6.07) is 12.8. The van der Waals surface area contributed by atoms with Crippen molar-refractivity contribution in [2.45, 2.75) is 30.4 Å². The first-order valence-electron chi connectivity index (χ1n) is 8.33. The molecule has 3 aromatic rings. The number of aromatic nitrogens is 2. The summed E-state index contributed by atoms with van der Waals surface area (Å²) in [5.41, 5.74) is 4.07. The largest absolute Gasteiger partial charge is 0.325 e. The first-order chi connectivity index (χ1) is 12.4. The van der Waals surface area contributed by atoms with Crippen LogP contribution in [-0.2, 0) is 16.6 Å². The molecule has 134 valence electrons. The Labute approximate surface area is 157 Å². The Balaban J connectivity index is 1.58. The quantitative estimate of drug-likeness (QED) is 0.735. The van der Waals surface area contributed by atoms with Crippen molar-refractivity contribution in [3.8, 4) is 11.3 Å². The minimum atomic E-state index is -3.61. The molecule has 26 heavy (non-hydrogen) atoms. The monoisotopic (exact) mass is 385 g/mol. The summed E-state index contributed by atoms with van der Waals surface area (Å²) in [7, 11) is -3.61. The Morgan fingerprint density at radius 3 is 2.62 bits per heavy atom. The van der Waals surface area contributed by atoms with Gasteiger partial charge in [0.05, 0.1) is 10.6 Å². The number of thioether (sulfide) groups is 1. The lowest BCUT2D eigenvalue weighted by atomic mass is 10.1. The third-order valence-corrected chi connectivity index (χ3v) is 6.86. The Hall–Kier alpha value is -2.25. The van der Waals surface area contributed by atoms with Gasteiger partial charge in [0.15, 0.2) is 5.16 Å². The average Bonchev–Trinajstić information content (AvgIpc) is 3.19. The Kier molecular flexibility index (Phi) is 4.28. The summed E-state index contributed by atoms with van der Waals surface area (Å²) in [5, 5.41) is 1.04. The van der Waals surface area contributed by atoms with Gasteiger partial charge in [-0.05, 0) is 43.2 Å². The molecule has 4 rings (SSSR count). The Morgan fingerprint density at radius 1 is 1.12 bits per heavy atom. The predicted octanol–water partition coefficient (Wildman–Crippen LogP) is 4.07. The fourth-order valence-corrected chi connectivity index (χ4v) is 5.30. The van der Waals surface area contributed by atoms with Crippen molar-refractivity contribution in [3.05, 3.63) is 59.8 Å². The molecule has 7 heteroatoms. The van der Waals surface area contributed by atoms with E-state index in [9.17, 15) is 8.42 Å². The second-order valence-electron chi connectivity index (χ2n) is 6.40. The van der Waals surface area contributed by atoms with Crippen LogP contribution in [0.25, 0.3) is 11.3 Å². The maximum atomic E-state index is 12.7. The molecule has 0 radical (unpaired) electrons. The molecule has 0 saturated carbocycles. The summed E-state index contributed by atoms with van der Waals surface area (Å²) < 4.78 is 30.2. The zero-order chi connectivity index (χ0) is 18.3. The van der Waals surface area contributed by atoms with Crippen LogP contribution in [0.4, 0.5) is 5.69 Å². The van der Waals surface area contributed by atoms with Crippen molar-refractivity contribution in [1.29, 1.82) is 0 Å². The molecule has 5 nitrogen and oxygen atoms in total. The van der Waals surface area contributed by atoms with Crippen LogP contribution >= 0.6 is 11.8 Å². The smallest absolute Gasteiger partial charge is 0.262 e. The SMILES string of the molecule is Cc1ccc(C)c(S(=O)(=O)Nc2ccc(-c3cn4c(n3)SCC4)cc2)c1. The van der Waals surface area contributed by atoms with Crippen LogP contribution in [0.15, 0.2) is 58.7 Å². The van der Waals surface area contributed by atoms with Gasteiger partial charge in [-0.3, -0.25) is 4.72 Å². The van der Waals surface area contributed by atoms with Crippen LogP contribution in [0.5, 0.6) is 0 Å². The molecule has 0 saturated heterocycles. The number of nitrogens with zero attached hydrogens (tertiary/aromatic N) is 2. The predicted molar refractivity (Wildman–Crippen MR) is 105 cm³/mol. The van der Waals surface area contributed by atoms with Crippen molar-refractivity contribution in [3.63, 3.8) is 0 Å². The molecule has 1 aliphatic heterocycles. The molecule has 0 aliphatic carbocycles. The molecular formula is C19H19N3O2S2. The Bertz CT molecular complexity index is 1050. The van der Waals surface area contributed by atoms with E-state index in [0.717, 1.165) is 39.8 Å². The third-order valence-electron chi connectivity index (χ3n) is 4.37. The minimum Gasteiger partial charge on any atom is -0.325 e. The molecule has 2 heterocycles. The van der Waals surface area contributed by atoms with Gasteiger partial charge >= 0.3 is 0 Å². The topological polar surface area (TPSA) is 64.0 Å². The van der Waals surface area contributed by atoms with Gasteiger partial charge in [0.2, 0.25) is 0 Å². The van der Waals surface area contributed by atoms with Crippen molar-refractivity contribution >= 4 is 27.5 Å². The summed E-state index contributed by atoms with van der Waals surface area (Å²) >= 11 is 1.75. The van der Waals surface area contributed by atoms with Crippen LogP contribution in [0, 0.1) is 13.8 Å². The van der Waals surface area contributed by atoms with E-state index < -0.39 is 10.0 Å². The van der Waals surface area contributed by atoms with E-state index in [4.69, 9.17) is 0 Å². The standard InChI is InChI=1S/C19H19N3O2S2/c1-13-3-4-14(2)18(11-13)26(23,24)21-16-7-5-15(6-8-16)17-12-22-9-10-25-19(22)20-17/h3-8,11-12,21H,9-10H2,1-2H3. The highest BCUT2D eigenvalue weighted by Gasteiger charge is 2.18. The number of rotatable bonds is 4. The highest BCUT2D eigenvalue weighted by molar-refractivity contribution is 7.99. The summed E-state index contributed by atoms with van der Waals surface area (Å²) in [6.07, 6.45) is 2.05. The number of benzene rings is 2. The lowest BCUT2D eigenvalue weighted by molar-refractivity contribution is 0.600. The van der Waals surface area contributed by atoms with Crippen molar-refractivity contribution in [2.75, 3.05) is 10.5 Å². The average molecular weight is 386 g/mol. The molecule has 0 atom stereocenters. The van der Waals surface area contributed by atoms with Gasteiger partial charge in [-0.25, -0.2) is 13.4 Å². The van der Waals surface area contributed by atoms with Gasteiger partial charge < -0.3 is 4.57 Å². The lowest BCUT2D eigenvalue weighted by Crippen LogP contribution is -2.14. The number of aryl methyl sites for hydroxylation is 3. The van der Waals surface area contributed by atoms with Gasteiger partial charge in [0.25, 0.3) is 10.0 Å². The van der Waals surface area contributed by atoms with Crippen LogP contribution in [0.1, 0.15) is 11.1 Å². The number of sulfonamides is 1. The number of hydrogen-bond donors (Lipinski definition) is 1. The van der Waals surface area contributed by atoms with Crippen molar-refractivity contribution in [1.82, 2.24) is 9.55 Å². The fourth-order valence-electron chi connectivity index (χ4n) is 2.96. The molecular weight excluding hydrogens is 366 g/mol. The maximum absolute atomic E-state index is 12.7. The highest BCUT2D eigenvalue weighted by atomic mass is 32.2. The van der Waals surface area contributed by atoms with E-state index in [1.807, 2.05) is 37.4 Å². The van der Waals surface area contributed by atoms with E-state index in [-0.39, 0.29) is 0 Å². The molecule has 0 bridgehead atoms. The molecule has 1 N–H and O–H groups in total. The van der Waals surface area contributed by atoms with Gasteiger partial charge in [-0.1, -0.05) is 36.0 Å². The van der Waals surface area contributed by atoms with Gasteiger partial charge in [-0.15, -0.1) is 0 Å². The van der Waals surface area contributed by atoms with Gasteiger partial charge in [0.1, 0.15) is 0 Å². The van der Waals surface area contributed by atoms with E-state index >= 15 is 0 Å². The number of hydrogen-bond acceptors (Lipinski definition) is 4. The minimum absolute atomic E-state index is 0.309. The van der Waals surface area contributed by atoms with E-state index in [1.54, 1.807) is 36.9 Å². The molecule has 1 aromatic heterocycles. The maximum Gasteiger partial charge on any atom is 0.262 e. The van der Waals surface area contributed by atoms with Crippen LogP contribution < -0.4 is 4.72 Å². The number of fused-ring (bicyclic) bond motifs is 1. The third kappa shape index (κ3) is 3.24. The molecule has 1 aliphatic rings. The molecule has 0 amide bonds. The molecule has 0 unspecified atom stereocenters. The van der Waals surface area contributed by atoms with Crippen molar-refractivity contribution in [2.24, 2.45) is 0 Å². The highest BCUT2D eigenvalue weighted by Crippen LogP contribution is 2.29. The molecule has 0 fully saturated rings. The second-order valence-corrected chi connectivity index (χ2v) is 9.12. The normalized spacial score (nSPS) is 13.6. The first-order valence-corrected chi connectivity index (χ1v) is 10.8. The fraction of sp³-hybridized carbons (Fsp3) is 0.211. The van der Waals surface area contributed by atoms with Crippen LogP contribution in [-0.4, -0.2) is 23.7 Å². The Morgan fingerprint density at radius 2 is 1.88 bits per heavy atom. The van der Waals surface area contributed by atoms with Gasteiger partial charge in [-0.2, -0.15) is 0 Å². The first kappa shape index (κ1) is 17.2. The zero-order valence-electron chi connectivity index (χ0n) is 14.6. The summed E-state index contributed by atoms with van der Waals surface area (Å²) in [4.78, 5) is 4.93. The lowest BCUT2D eigenvalue weighted by Gasteiger charge is -2.11.